The van der Waals surface area contributed by atoms with Crippen LogP contribution in [0.2, 0.25) is 0 Å². The number of ether oxygens (including phenoxy) is 2. The molecule has 34 heavy (non-hydrogen) atoms. The molecule has 1 saturated heterocycles. The lowest BCUT2D eigenvalue weighted by molar-refractivity contribution is -0.111. The van der Waals surface area contributed by atoms with Gasteiger partial charge in [-0.1, -0.05) is 22.0 Å². The molecule has 2 heterocycles. The largest absolute Gasteiger partial charge is 0.491 e. The van der Waals surface area contributed by atoms with E-state index in [-0.39, 0.29) is 11.7 Å². The number of allylic oxidation sites excluding steroid dienone is 1. The smallest absolute Gasteiger partial charge is 0.248 e. The van der Waals surface area contributed by atoms with Crippen LogP contribution in [0, 0.1) is 30.5 Å². The van der Waals surface area contributed by atoms with Gasteiger partial charge in [-0.25, -0.2) is 14.4 Å². The number of hydrogen-bond donors (Lipinski definition) is 2. The Kier molecular flexibility index (Phi) is 6.47. The summed E-state index contributed by atoms with van der Waals surface area (Å²) in [6.07, 6.45) is 4.65. The van der Waals surface area contributed by atoms with Gasteiger partial charge in [0.1, 0.15) is 23.7 Å². The second-order valence-electron chi connectivity index (χ2n) is 8.56. The minimum absolute atomic E-state index is 0.263. The van der Waals surface area contributed by atoms with E-state index < -0.39 is 0 Å². The summed E-state index contributed by atoms with van der Waals surface area (Å²) in [7, 11) is 0. The van der Waals surface area contributed by atoms with Crippen LogP contribution in [0.5, 0.6) is 5.75 Å². The predicted octanol–water partition coefficient (Wildman–Crippen LogP) is 4.98. The van der Waals surface area contributed by atoms with Crippen molar-refractivity contribution >= 4 is 49.9 Å². The van der Waals surface area contributed by atoms with Gasteiger partial charge in [-0.05, 0) is 48.6 Å². The number of carbonyl (C=O) groups is 1. The maximum atomic E-state index is 13.7. The van der Waals surface area contributed by atoms with E-state index >= 15 is 0 Å². The highest BCUT2D eigenvalue weighted by molar-refractivity contribution is 9.09. The van der Waals surface area contributed by atoms with Crippen LogP contribution in [-0.2, 0) is 9.53 Å². The van der Waals surface area contributed by atoms with Gasteiger partial charge in [0.05, 0.1) is 31.0 Å². The average Bonchev–Trinajstić information content (AvgIpc) is 3.24. The average molecular weight is 527 g/mol. The number of aryl methyl sites for hydroxylation is 1. The summed E-state index contributed by atoms with van der Waals surface area (Å²) in [6, 6.07) is 8.40. The Balaban J connectivity index is 1.46. The lowest BCUT2D eigenvalue weighted by Gasteiger charge is -2.15. The van der Waals surface area contributed by atoms with Crippen molar-refractivity contribution in [2.45, 2.75) is 6.92 Å². The van der Waals surface area contributed by atoms with Crippen LogP contribution in [0.15, 0.2) is 48.8 Å². The number of anilines is 3. The summed E-state index contributed by atoms with van der Waals surface area (Å²) in [4.78, 5) is 21.2. The minimum Gasteiger partial charge on any atom is -0.491 e. The Morgan fingerprint density at radius 3 is 2.85 bits per heavy atom. The summed E-state index contributed by atoms with van der Waals surface area (Å²) in [5.74, 6) is 2.18. The molecule has 3 aromatic rings. The molecule has 176 valence electrons. The lowest BCUT2D eigenvalue weighted by atomic mass is 10.1. The van der Waals surface area contributed by atoms with Crippen molar-refractivity contribution in [2.75, 3.05) is 35.8 Å². The number of rotatable bonds is 8. The van der Waals surface area contributed by atoms with Crippen LogP contribution in [0.3, 0.4) is 0 Å². The molecule has 2 aromatic carbocycles. The van der Waals surface area contributed by atoms with E-state index in [1.807, 2.05) is 6.07 Å². The second kappa shape index (κ2) is 9.68. The number of benzene rings is 2. The van der Waals surface area contributed by atoms with Crippen molar-refractivity contribution in [3.8, 4) is 5.75 Å². The molecule has 2 atom stereocenters. The summed E-state index contributed by atoms with van der Waals surface area (Å²) in [5, 5.41) is 7.42. The molecule has 5 rings (SSSR count). The Morgan fingerprint density at radius 1 is 1.26 bits per heavy atom. The highest BCUT2D eigenvalue weighted by atomic mass is 79.9. The topological polar surface area (TPSA) is 85.4 Å². The number of aromatic nitrogens is 2. The molecule has 0 radical (unpaired) electrons. The predicted molar refractivity (Wildman–Crippen MR) is 132 cm³/mol. The van der Waals surface area contributed by atoms with E-state index in [0.717, 1.165) is 13.2 Å². The van der Waals surface area contributed by atoms with E-state index in [9.17, 15) is 9.18 Å². The van der Waals surface area contributed by atoms with Crippen molar-refractivity contribution in [1.82, 2.24) is 9.97 Å². The van der Waals surface area contributed by atoms with Gasteiger partial charge >= 0.3 is 0 Å². The zero-order valence-electron chi connectivity index (χ0n) is 18.6. The van der Waals surface area contributed by atoms with E-state index in [4.69, 9.17) is 9.47 Å². The molecule has 1 aromatic heterocycles. The fourth-order valence-electron chi connectivity index (χ4n) is 4.38. The molecule has 9 heteroatoms. The molecule has 7 nitrogen and oxygen atoms in total. The molecular formula is C25H24BrFN4O3. The quantitative estimate of drug-likeness (QED) is 0.318. The van der Waals surface area contributed by atoms with Crippen molar-refractivity contribution in [3.63, 3.8) is 0 Å². The number of alkyl halides is 1. The number of carbonyl (C=O) groups excluding carboxylic acids is 1. The number of nitrogens with one attached hydrogen (secondary N) is 2. The normalized spacial score (nSPS) is 21.0. The fourth-order valence-corrected chi connectivity index (χ4v) is 4.56. The van der Waals surface area contributed by atoms with Crippen molar-refractivity contribution in [2.24, 2.45) is 17.8 Å². The Hall–Kier alpha value is -3.04. The number of nitrogens with zero attached hydrogens (tertiary/aromatic N) is 2. The third kappa shape index (κ3) is 4.76. The number of halogens is 2. The molecule has 2 N–H and O–H groups in total. The summed E-state index contributed by atoms with van der Waals surface area (Å²) >= 11 is 3.28. The highest BCUT2D eigenvalue weighted by Gasteiger charge is 2.54. The van der Waals surface area contributed by atoms with Crippen molar-refractivity contribution < 1.29 is 18.7 Å². The summed E-state index contributed by atoms with van der Waals surface area (Å²) < 4.78 is 25.3. The lowest BCUT2D eigenvalue weighted by Crippen LogP contribution is -2.12. The fraction of sp³-hybridized carbons (Fsp3) is 0.320. The molecule has 2 unspecified atom stereocenters. The van der Waals surface area contributed by atoms with Gasteiger partial charge in [-0.3, -0.25) is 4.79 Å². The second-order valence-corrected chi connectivity index (χ2v) is 9.21. The molecule has 0 bridgehead atoms. The van der Waals surface area contributed by atoms with Gasteiger partial charge in [0, 0.05) is 34.5 Å². The first-order chi connectivity index (χ1) is 16.5. The zero-order chi connectivity index (χ0) is 23.7. The monoisotopic (exact) mass is 526 g/mol. The number of hydrogen-bond acceptors (Lipinski definition) is 6. The van der Waals surface area contributed by atoms with E-state index in [1.54, 1.807) is 31.2 Å². The zero-order valence-corrected chi connectivity index (χ0v) is 20.1. The summed E-state index contributed by atoms with van der Waals surface area (Å²) in [6.45, 7) is 3.86. The Bertz CT molecular complexity index is 1260. The van der Waals surface area contributed by atoms with Gasteiger partial charge in [0.15, 0.2) is 0 Å². The molecule has 1 saturated carbocycles. The van der Waals surface area contributed by atoms with Crippen molar-refractivity contribution in [3.05, 3.63) is 60.2 Å². The first-order valence-corrected chi connectivity index (χ1v) is 12.2. The first-order valence-electron chi connectivity index (χ1n) is 11.1. The third-order valence-corrected chi connectivity index (χ3v) is 6.71. The minimum atomic E-state index is -0.271. The summed E-state index contributed by atoms with van der Waals surface area (Å²) in [5.41, 5.74) is 2.43. The van der Waals surface area contributed by atoms with Crippen LogP contribution in [0.4, 0.5) is 21.6 Å². The number of fused-ring (bicyclic) bond motifs is 2. The first kappa shape index (κ1) is 22.7. The molecule has 1 aliphatic carbocycles. The van der Waals surface area contributed by atoms with Gasteiger partial charge in [-0.15, -0.1) is 0 Å². The maximum absolute atomic E-state index is 13.7. The van der Waals surface area contributed by atoms with Gasteiger partial charge in [-0.2, -0.15) is 0 Å². The van der Waals surface area contributed by atoms with Crippen molar-refractivity contribution in [1.29, 1.82) is 0 Å². The van der Waals surface area contributed by atoms with Crippen LogP contribution >= 0.6 is 15.9 Å². The third-order valence-electron chi connectivity index (χ3n) is 6.33. The molecule has 2 fully saturated rings. The highest BCUT2D eigenvalue weighted by Crippen LogP contribution is 2.51. The van der Waals surface area contributed by atoms with E-state index in [2.05, 4.69) is 36.5 Å². The van der Waals surface area contributed by atoms with E-state index in [1.165, 1.54) is 18.5 Å². The van der Waals surface area contributed by atoms with Crippen LogP contribution in [-0.4, -0.2) is 41.0 Å². The molecule has 1 aliphatic heterocycles. The Labute approximate surface area is 204 Å². The molecule has 2 aliphatic rings. The molecule has 0 spiro atoms. The molecular weight excluding hydrogens is 503 g/mol. The maximum Gasteiger partial charge on any atom is 0.248 e. The van der Waals surface area contributed by atoms with Gasteiger partial charge < -0.3 is 20.1 Å². The van der Waals surface area contributed by atoms with Gasteiger partial charge in [0.25, 0.3) is 0 Å². The number of amides is 1. The van der Waals surface area contributed by atoms with Crippen LogP contribution in [0.1, 0.15) is 5.56 Å². The standard InChI is InChI=1S/C25H24BrFN4O3/c1-14-7-15(4-5-20(14)27)30-25-16-8-22(31-24(32)3-2-6-26)23(9-21(16)28-13-29-25)34-12-19-17-10-33-11-18(17)19/h2-5,7-9,13,17-19H,6,10-12H2,1H3,(H,31,32)(H,28,29,30)/b3-2+. The van der Waals surface area contributed by atoms with Crippen LogP contribution in [0.25, 0.3) is 10.9 Å². The van der Waals surface area contributed by atoms with E-state index in [0.29, 0.717) is 69.1 Å². The molecule has 1 amide bonds. The SMILES string of the molecule is Cc1cc(Nc2ncnc3cc(OCC4C5COCC54)c(NC(=O)/C=C/CBr)cc23)ccc1F. The van der Waals surface area contributed by atoms with Gasteiger partial charge in [0.2, 0.25) is 5.91 Å². The van der Waals surface area contributed by atoms with Crippen LogP contribution < -0.4 is 15.4 Å². The Morgan fingerprint density at radius 2 is 2.09 bits per heavy atom.